The van der Waals surface area contributed by atoms with Gasteiger partial charge in [0.1, 0.15) is 5.75 Å². The molecule has 98 valence electrons. The van der Waals surface area contributed by atoms with Crippen molar-refractivity contribution in [2.24, 2.45) is 0 Å². The van der Waals surface area contributed by atoms with Crippen LogP contribution in [0.25, 0.3) is 0 Å². The maximum Gasteiger partial charge on any atom is 0.514 e. The average Bonchev–Trinajstić information content (AvgIpc) is 2.29. The third-order valence-corrected chi connectivity index (χ3v) is 3.52. The zero-order valence-electron chi connectivity index (χ0n) is 9.75. The highest BCUT2D eigenvalue weighted by molar-refractivity contribution is 7.92. The van der Waals surface area contributed by atoms with Gasteiger partial charge in [-0.1, -0.05) is 18.2 Å². The van der Waals surface area contributed by atoms with Crippen LogP contribution in [0.4, 0.5) is 4.79 Å². The normalized spacial score (nSPS) is 10.7. The first-order chi connectivity index (χ1) is 8.45. The number of nitrogens with one attached hydrogen (secondary N) is 1. The van der Waals surface area contributed by atoms with Crippen LogP contribution in [0.15, 0.2) is 35.2 Å². The lowest BCUT2D eigenvalue weighted by atomic mass is 10.4. The van der Waals surface area contributed by atoms with Crippen molar-refractivity contribution in [1.82, 2.24) is 0 Å². The van der Waals surface area contributed by atoms with Crippen molar-refractivity contribution in [2.45, 2.75) is 11.8 Å². The Bertz CT molecular complexity index is 524. The highest BCUT2D eigenvalue weighted by Crippen LogP contribution is 2.10. The van der Waals surface area contributed by atoms with Crippen LogP contribution in [0.5, 0.6) is 0 Å². The molecule has 1 N–H and O–H groups in total. The van der Waals surface area contributed by atoms with Gasteiger partial charge in [-0.3, -0.25) is 5.41 Å². The molecule has 0 aliphatic heterocycles. The molecule has 1 aromatic rings. The smallest absolute Gasteiger partial charge is 0.434 e. The SMILES string of the molecule is CCOC(=O)OC(=N)CS(=O)(=O)c1ccccc1. The number of hydrogen-bond donors (Lipinski definition) is 1. The fourth-order valence-corrected chi connectivity index (χ4v) is 2.30. The predicted molar refractivity (Wildman–Crippen MR) is 64.3 cm³/mol. The van der Waals surface area contributed by atoms with E-state index in [0.717, 1.165) is 0 Å². The summed E-state index contributed by atoms with van der Waals surface area (Å²) in [5.41, 5.74) is 0. The predicted octanol–water partition coefficient (Wildman–Crippen LogP) is 1.61. The summed E-state index contributed by atoms with van der Waals surface area (Å²) in [4.78, 5) is 11.0. The number of carbonyl (C=O) groups excluding carboxylic acids is 1. The molecular formula is C11H13NO5S. The van der Waals surface area contributed by atoms with E-state index in [1.165, 1.54) is 12.1 Å². The summed E-state index contributed by atoms with van der Waals surface area (Å²) < 4.78 is 32.4. The summed E-state index contributed by atoms with van der Waals surface area (Å²) in [6.45, 7) is 1.67. The van der Waals surface area contributed by atoms with Crippen LogP contribution in [0.3, 0.4) is 0 Å². The van der Waals surface area contributed by atoms with Gasteiger partial charge in [0.05, 0.1) is 11.5 Å². The summed E-state index contributed by atoms with van der Waals surface area (Å²) >= 11 is 0. The quantitative estimate of drug-likeness (QED) is 0.510. The van der Waals surface area contributed by atoms with Gasteiger partial charge in [-0.2, -0.15) is 0 Å². The second kappa shape index (κ2) is 6.15. The van der Waals surface area contributed by atoms with Crippen LogP contribution >= 0.6 is 0 Å². The fraction of sp³-hybridized carbons (Fsp3) is 0.273. The van der Waals surface area contributed by atoms with Crippen molar-refractivity contribution in [3.8, 4) is 0 Å². The van der Waals surface area contributed by atoms with E-state index >= 15 is 0 Å². The topological polar surface area (TPSA) is 93.5 Å². The van der Waals surface area contributed by atoms with Gasteiger partial charge in [0.2, 0.25) is 5.90 Å². The molecule has 0 saturated heterocycles. The first-order valence-corrected chi connectivity index (χ1v) is 6.80. The lowest BCUT2D eigenvalue weighted by molar-refractivity contribution is 0.0999. The molecule has 0 radical (unpaired) electrons. The Morgan fingerprint density at radius 1 is 1.28 bits per heavy atom. The van der Waals surface area contributed by atoms with E-state index in [1.54, 1.807) is 25.1 Å². The minimum Gasteiger partial charge on any atom is -0.434 e. The molecule has 0 unspecified atom stereocenters. The van der Waals surface area contributed by atoms with Gasteiger partial charge in [0, 0.05) is 0 Å². The molecular weight excluding hydrogens is 258 g/mol. The molecule has 6 nitrogen and oxygen atoms in total. The molecule has 0 bridgehead atoms. The maximum atomic E-state index is 11.8. The molecule has 0 heterocycles. The molecule has 0 spiro atoms. The Morgan fingerprint density at radius 3 is 2.44 bits per heavy atom. The van der Waals surface area contributed by atoms with Gasteiger partial charge in [-0.25, -0.2) is 13.2 Å². The molecule has 0 aliphatic rings. The standard InChI is InChI=1S/C11H13NO5S/c1-2-16-11(13)17-10(12)8-18(14,15)9-6-4-3-5-7-9/h3-7,12H,2,8H2,1H3. The molecule has 0 aromatic heterocycles. The van der Waals surface area contributed by atoms with Crippen LogP contribution in [0, 0.1) is 5.41 Å². The van der Waals surface area contributed by atoms with Gasteiger partial charge in [-0.05, 0) is 19.1 Å². The molecule has 7 heteroatoms. The Labute approximate surface area is 105 Å². The van der Waals surface area contributed by atoms with E-state index in [-0.39, 0.29) is 11.5 Å². The second-order valence-corrected chi connectivity index (χ2v) is 5.27. The van der Waals surface area contributed by atoms with Crippen LogP contribution in [-0.2, 0) is 19.3 Å². The molecule has 18 heavy (non-hydrogen) atoms. The first kappa shape index (κ1) is 14.2. The van der Waals surface area contributed by atoms with E-state index in [2.05, 4.69) is 9.47 Å². The highest BCUT2D eigenvalue weighted by atomic mass is 32.2. The Kier molecular flexibility index (Phi) is 4.85. The largest absolute Gasteiger partial charge is 0.514 e. The molecule has 0 amide bonds. The summed E-state index contributed by atoms with van der Waals surface area (Å²) in [6, 6.07) is 7.64. The minimum absolute atomic E-state index is 0.0715. The van der Waals surface area contributed by atoms with Crippen molar-refractivity contribution < 1.29 is 22.7 Å². The highest BCUT2D eigenvalue weighted by Gasteiger charge is 2.19. The average molecular weight is 271 g/mol. The molecule has 0 aliphatic carbocycles. The van der Waals surface area contributed by atoms with E-state index in [4.69, 9.17) is 5.41 Å². The minimum atomic E-state index is -3.68. The number of rotatable bonds is 4. The van der Waals surface area contributed by atoms with Crippen LogP contribution in [-0.4, -0.2) is 32.8 Å². The van der Waals surface area contributed by atoms with Crippen molar-refractivity contribution in [3.05, 3.63) is 30.3 Å². The fourth-order valence-electron chi connectivity index (χ4n) is 1.16. The number of benzene rings is 1. The van der Waals surface area contributed by atoms with Crippen molar-refractivity contribution in [2.75, 3.05) is 12.4 Å². The van der Waals surface area contributed by atoms with Gasteiger partial charge < -0.3 is 9.47 Å². The van der Waals surface area contributed by atoms with E-state index in [0.29, 0.717) is 0 Å². The van der Waals surface area contributed by atoms with Crippen molar-refractivity contribution in [3.63, 3.8) is 0 Å². The second-order valence-electron chi connectivity index (χ2n) is 3.28. The first-order valence-electron chi connectivity index (χ1n) is 5.15. The Balaban J connectivity index is 2.67. The van der Waals surface area contributed by atoms with Crippen LogP contribution in [0.1, 0.15) is 6.92 Å². The summed E-state index contributed by atoms with van der Waals surface area (Å²) in [7, 11) is -3.68. The molecule has 0 atom stereocenters. The summed E-state index contributed by atoms with van der Waals surface area (Å²) in [5, 5.41) is 7.30. The van der Waals surface area contributed by atoms with E-state index in [9.17, 15) is 13.2 Å². The number of ether oxygens (including phenoxy) is 2. The number of hydrogen-bond acceptors (Lipinski definition) is 6. The van der Waals surface area contributed by atoms with Crippen LogP contribution < -0.4 is 0 Å². The van der Waals surface area contributed by atoms with E-state index < -0.39 is 27.6 Å². The molecule has 1 aromatic carbocycles. The number of sulfone groups is 1. The van der Waals surface area contributed by atoms with Crippen molar-refractivity contribution in [1.29, 1.82) is 5.41 Å². The lowest BCUT2D eigenvalue weighted by Crippen LogP contribution is -2.21. The Hall–Kier alpha value is -1.89. The third kappa shape index (κ3) is 4.17. The zero-order valence-corrected chi connectivity index (χ0v) is 10.6. The molecule has 0 saturated carbocycles. The van der Waals surface area contributed by atoms with E-state index in [1.807, 2.05) is 0 Å². The number of carbonyl (C=O) groups is 1. The van der Waals surface area contributed by atoms with Crippen LogP contribution in [0.2, 0.25) is 0 Å². The van der Waals surface area contributed by atoms with Gasteiger partial charge >= 0.3 is 6.16 Å². The molecule has 1 rings (SSSR count). The van der Waals surface area contributed by atoms with Crippen molar-refractivity contribution >= 4 is 21.9 Å². The van der Waals surface area contributed by atoms with Gasteiger partial charge in [0.25, 0.3) is 0 Å². The van der Waals surface area contributed by atoms with Gasteiger partial charge in [-0.15, -0.1) is 0 Å². The monoisotopic (exact) mass is 271 g/mol. The lowest BCUT2D eigenvalue weighted by Gasteiger charge is -2.06. The zero-order chi connectivity index (χ0) is 13.6. The van der Waals surface area contributed by atoms with Gasteiger partial charge in [0.15, 0.2) is 9.84 Å². The Morgan fingerprint density at radius 2 is 1.89 bits per heavy atom. The molecule has 0 fully saturated rings. The maximum absolute atomic E-state index is 11.8. The third-order valence-electron chi connectivity index (χ3n) is 1.89. The summed E-state index contributed by atoms with van der Waals surface area (Å²) in [6.07, 6.45) is -1.08. The summed E-state index contributed by atoms with van der Waals surface area (Å²) in [5.74, 6) is -1.35.